The monoisotopic (exact) mass is 1090 g/mol. The van der Waals surface area contributed by atoms with Crippen LogP contribution < -0.4 is 4.74 Å². The summed E-state index contributed by atoms with van der Waals surface area (Å²) in [5.74, 6) is 1.98. The van der Waals surface area contributed by atoms with Crippen LogP contribution in [0.4, 0.5) is 0 Å². The fraction of sp³-hybridized carbons (Fsp3) is 0.0625. The first-order valence-corrected chi connectivity index (χ1v) is 25.0. The van der Waals surface area contributed by atoms with Crippen LogP contribution in [0.15, 0.2) is 219 Å². The van der Waals surface area contributed by atoms with E-state index in [4.69, 9.17) is 9.72 Å². The second kappa shape index (κ2) is 17.0. The van der Waals surface area contributed by atoms with E-state index in [1.54, 1.807) is 0 Å². The van der Waals surface area contributed by atoms with Crippen LogP contribution in [0.1, 0.15) is 26.3 Å². The van der Waals surface area contributed by atoms with Gasteiger partial charge in [0.2, 0.25) is 0 Å². The Morgan fingerprint density at radius 1 is 0.465 bits per heavy atom. The van der Waals surface area contributed by atoms with E-state index in [2.05, 4.69) is 271 Å². The zero-order valence-electron chi connectivity index (χ0n) is 39.2. The van der Waals surface area contributed by atoms with Crippen molar-refractivity contribution in [3.63, 3.8) is 0 Å². The molecular formula is C64H45N5OPt-2. The Kier molecular flexibility index (Phi) is 10.2. The topological polar surface area (TPSA) is 41.3 Å². The Hall–Kier alpha value is -8.31. The number of ether oxygens (including phenoxy) is 1. The fourth-order valence-corrected chi connectivity index (χ4v) is 11.4. The van der Waals surface area contributed by atoms with Crippen LogP contribution in [0.5, 0.6) is 11.5 Å². The van der Waals surface area contributed by atoms with Crippen LogP contribution in [0.25, 0.3) is 99.6 Å². The molecule has 0 unspecified atom stereocenters. The molecule has 4 aromatic heterocycles. The minimum atomic E-state index is -0.0504. The number of para-hydroxylation sites is 5. The zero-order chi connectivity index (χ0) is 47.8. The molecule has 4 heterocycles. The molecule has 0 bridgehead atoms. The number of hydrogen-bond donors (Lipinski definition) is 0. The molecule has 0 N–H and O–H groups in total. The summed E-state index contributed by atoms with van der Waals surface area (Å²) in [6, 6.07) is 82.9. The Morgan fingerprint density at radius 2 is 1.01 bits per heavy atom. The van der Waals surface area contributed by atoms with Gasteiger partial charge in [0.1, 0.15) is 0 Å². The summed E-state index contributed by atoms with van der Waals surface area (Å²) in [4.78, 5) is 4.92. The Bertz CT molecular complexity index is 4250. The SMILES string of the molecule is CC(C)(C)c1ccnc(-n2c3[c-]c(Oc4[c-]c5c(cc4)n(-c4ccccc4)c4ccccc4c4cccc6c4n5[c](=[Pt])n6-c4c(-c5ccccc5)cccc4-c4ccccc4)ccc3c3ccccc32)c1. The number of nitrogens with zero attached hydrogens (tertiary/aromatic N) is 5. The number of hydrogen-bond acceptors (Lipinski definition) is 2. The van der Waals surface area contributed by atoms with E-state index in [1.165, 1.54) is 5.56 Å². The van der Waals surface area contributed by atoms with E-state index in [9.17, 15) is 0 Å². The second-order valence-corrected chi connectivity index (χ2v) is 20.0. The van der Waals surface area contributed by atoms with Crippen LogP contribution in [-0.2, 0) is 24.8 Å². The molecule has 0 radical (unpaired) electrons. The number of aromatic nitrogens is 5. The van der Waals surface area contributed by atoms with Crippen LogP contribution in [-0.4, -0.2) is 23.1 Å². The minimum absolute atomic E-state index is 0.0504. The van der Waals surface area contributed by atoms with Gasteiger partial charge in [-0.1, -0.05) is 32.9 Å². The number of fused-ring (bicyclic) bond motifs is 7. The van der Waals surface area contributed by atoms with E-state index >= 15 is 0 Å². The molecular weight excluding hydrogens is 1050 g/mol. The standard InChI is InChI=1S/C64H45N5O.Pt/c1-64(2,3)45-37-38-65-61(39-45)69-56-31-16-13-25-51(56)53-35-33-47(40-59(53)69)70-48-34-36-57-60(41-48)67-42-66(62-49(43-19-7-4-8-20-43)27-17-28-50(62)44-21-9-5-10-22-44)58-32-18-29-54(63(58)67)52-26-14-15-30-55(52)68(57)46-23-11-6-12-24-46;/h4-39H,1-3H3;/q-2;. The van der Waals surface area contributed by atoms with E-state index in [0.29, 0.717) is 11.5 Å². The van der Waals surface area contributed by atoms with Crippen molar-refractivity contribution in [2.24, 2.45) is 0 Å². The van der Waals surface area contributed by atoms with Gasteiger partial charge < -0.3 is 0 Å². The van der Waals surface area contributed by atoms with Crippen LogP contribution >= 0.6 is 0 Å². The van der Waals surface area contributed by atoms with Gasteiger partial charge >= 0.3 is 368 Å². The number of imidazole rings is 1. The van der Waals surface area contributed by atoms with Crippen molar-refractivity contribution in [1.82, 2.24) is 23.1 Å². The zero-order valence-corrected chi connectivity index (χ0v) is 41.5. The quantitative estimate of drug-likeness (QED) is 0.149. The van der Waals surface area contributed by atoms with Crippen molar-refractivity contribution in [3.8, 4) is 50.9 Å². The van der Waals surface area contributed by atoms with Gasteiger partial charge in [-0.3, -0.25) is 0 Å². The van der Waals surface area contributed by atoms with Crippen LogP contribution in [0.3, 0.4) is 0 Å². The van der Waals surface area contributed by atoms with E-state index in [1.807, 2.05) is 18.3 Å². The van der Waals surface area contributed by atoms with Crippen LogP contribution in [0, 0.1) is 15.9 Å². The average molecular weight is 1100 g/mol. The maximum atomic E-state index is 6.98. The summed E-state index contributed by atoms with van der Waals surface area (Å²) in [6.07, 6.45) is 1.91. The first kappa shape index (κ1) is 42.8. The molecule has 0 aliphatic rings. The molecule has 7 heteroatoms. The predicted molar refractivity (Wildman–Crippen MR) is 287 cm³/mol. The number of benzene rings is 9. The van der Waals surface area contributed by atoms with Crippen molar-refractivity contribution in [2.45, 2.75) is 26.2 Å². The van der Waals surface area contributed by atoms with E-state index in [0.717, 1.165) is 103 Å². The molecule has 0 fully saturated rings. The molecule has 13 aromatic rings. The summed E-state index contributed by atoms with van der Waals surface area (Å²) in [6.45, 7) is 6.70. The van der Waals surface area contributed by atoms with Crippen LogP contribution in [0.2, 0.25) is 0 Å². The normalized spacial score (nSPS) is 12.0. The second-order valence-electron chi connectivity index (χ2n) is 19.0. The Morgan fingerprint density at radius 3 is 1.69 bits per heavy atom. The van der Waals surface area contributed by atoms with Gasteiger partial charge in [0.25, 0.3) is 0 Å². The first-order chi connectivity index (χ1) is 34.8. The molecule has 0 aliphatic heterocycles. The molecule has 0 atom stereocenters. The van der Waals surface area contributed by atoms with Gasteiger partial charge in [0.05, 0.1) is 0 Å². The van der Waals surface area contributed by atoms with Gasteiger partial charge in [0.15, 0.2) is 0 Å². The molecule has 71 heavy (non-hydrogen) atoms. The maximum absolute atomic E-state index is 6.98. The summed E-state index contributed by atoms with van der Waals surface area (Å²) < 4.78 is 17.4. The molecule has 13 rings (SSSR count). The van der Waals surface area contributed by atoms with Crippen molar-refractivity contribution >= 4 is 60.2 Å². The number of pyridine rings is 1. The van der Waals surface area contributed by atoms with Gasteiger partial charge in [0, 0.05) is 6.20 Å². The molecule has 344 valence electrons. The van der Waals surface area contributed by atoms with Crippen molar-refractivity contribution in [2.75, 3.05) is 0 Å². The van der Waals surface area contributed by atoms with Crippen molar-refractivity contribution < 1.29 is 24.1 Å². The first-order valence-electron chi connectivity index (χ1n) is 23.9. The van der Waals surface area contributed by atoms with Crippen molar-refractivity contribution in [3.05, 3.63) is 240 Å². The number of rotatable bonds is 7. The Labute approximate surface area is 422 Å². The summed E-state index contributed by atoms with van der Waals surface area (Å²) in [5.41, 5.74) is 14.8. The average Bonchev–Trinajstić information content (AvgIpc) is 3.90. The van der Waals surface area contributed by atoms with E-state index < -0.39 is 0 Å². The van der Waals surface area contributed by atoms with Crippen molar-refractivity contribution in [1.29, 1.82) is 0 Å². The molecule has 0 saturated heterocycles. The van der Waals surface area contributed by atoms with E-state index in [-0.39, 0.29) is 5.41 Å². The summed E-state index contributed by atoms with van der Waals surface area (Å²) >= 11 is 2.54. The molecule has 6 nitrogen and oxygen atoms in total. The molecule has 0 amide bonds. The van der Waals surface area contributed by atoms with Gasteiger partial charge in [-0.2, -0.15) is 0 Å². The van der Waals surface area contributed by atoms with Gasteiger partial charge in [-0.15, -0.1) is 0 Å². The summed E-state index contributed by atoms with van der Waals surface area (Å²) in [5, 5.41) is 4.43. The molecule has 9 aromatic carbocycles. The molecule has 0 aliphatic carbocycles. The third-order valence-corrected chi connectivity index (χ3v) is 14.7. The predicted octanol–water partition coefficient (Wildman–Crippen LogP) is 16.1. The molecule has 0 spiro atoms. The van der Waals surface area contributed by atoms with Gasteiger partial charge in [-0.25, -0.2) is 0 Å². The molecule has 0 saturated carbocycles. The summed E-state index contributed by atoms with van der Waals surface area (Å²) in [7, 11) is 0. The fourth-order valence-electron chi connectivity index (χ4n) is 10.4. The van der Waals surface area contributed by atoms with Gasteiger partial charge in [-0.05, 0) is 17.0 Å². The third-order valence-electron chi connectivity index (χ3n) is 13.7. The Balaban J connectivity index is 1.12. The third kappa shape index (κ3) is 7.12.